The van der Waals surface area contributed by atoms with Crippen molar-refractivity contribution in [2.75, 3.05) is 24.5 Å². The number of anilines is 1. The van der Waals surface area contributed by atoms with E-state index in [9.17, 15) is 4.79 Å². The van der Waals surface area contributed by atoms with E-state index >= 15 is 0 Å². The molecule has 1 saturated heterocycles. The molecule has 0 saturated carbocycles. The predicted octanol–water partition coefficient (Wildman–Crippen LogP) is 0.893. The van der Waals surface area contributed by atoms with Crippen LogP contribution in [0.3, 0.4) is 0 Å². The second kappa shape index (κ2) is 6.52. The molecule has 0 aliphatic carbocycles. The van der Waals surface area contributed by atoms with Gasteiger partial charge >= 0.3 is 0 Å². The Morgan fingerprint density at radius 3 is 2.84 bits per heavy atom. The third-order valence-corrected chi connectivity index (χ3v) is 3.58. The maximum Gasteiger partial charge on any atom is 0.216 e. The van der Waals surface area contributed by atoms with Gasteiger partial charge in [-0.25, -0.2) is 4.98 Å². The molecule has 19 heavy (non-hydrogen) atoms. The monoisotopic (exact) mass is 262 g/mol. The Kier molecular flexibility index (Phi) is 4.74. The first-order valence-corrected chi connectivity index (χ1v) is 6.84. The van der Waals surface area contributed by atoms with Crippen molar-refractivity contribution in [2.24, 2.45) is 11.7 Å². The second-order valence-electron chi connectivity index (χ2n) is 5.06. The Hall–Kier alpha value is -1.62. The average molecular weight is 262 g/mol. The van der Waals surface area contributed by atoms with Crippen LogP contribution in [-0.2, 0) is 11.3 Å². The molecule has 0 atom stereocenters. The summed E-state index contributed by atoms with van der Waals surface area (Å²) in [4.78, 5) is 17.7. The number of nitrogens with zero attached hydrogens (tertiary/aromatic N) is 2. The van der Waals surface area contributed by atoms with Crippen LogP contribution in [0.4, 0.5) is 5.82 Å². The van der Waals surface area contributed by atoms with E-state index < -0.39 is 0 Å². The highest BCUT2D eigenvalue weighted by Crippen LogP contribution is 2.21. The zero-order valence-corrected chi connectivity index (χ0v) is 11.4. The van der Waals surface area contributed by atoms with Gasteiger partial charge in [0, 0.05) is 33.1 Å². The molecule has 0 bridgehead atoms. The first-order valence-electron chi connectivity index (χ1n) is 6.84. The van der Waals surface area contributed by atoms with Gasteiger partial charge in [0.1, 0.15) is 5.82 Å². The van der Waals surface area contributed by atoms with Gasteiger partial charge in [0.25, 0.3) is 0 Å². The van der Waals surface area contributed by atoms with E-state index in [0.29, 0.717) is 12.5 Å². The van der Waals surface area contributed by atoms with E-state index in [1.54, 1.807) is 6.92 Å². The lowest BCUT2D eigenvalue weighted by molar-refractivity contribution is -0.119. The molecule has 0 radical (unpaired) electrons. The molecule has 0 spiro atoms. The molecule has 1 aliphatic rings. The smallest absolute Gasteiger partial charge is 0.216 e. The normalized spacial score (nSPS) is 16.4. The third kappa shape index (κ3) is 3.92. The van der Waals surface area contributed by atoms with Crippen LogP contribution >= 0.6 is 0 Å². The van der Waals surface area contributed by atoms with Crippen LogP contribution in [0.1, 0.15) is 25.5 Å². The fraction of sp³-hybridized carbons (Fsp3) is 0.571. The molecule has 3 N–H and O–H groups in total. The van der Waals surface area contributed by atoms with Crippen LogP contribution in [0.15, 0.2) is 18.2 Å². The standard InChI is InChI=1S/C14H22N4O/c1-11(19)16-10-12-5-7-18(8-6-12)14-4-2-3-13(9-15)17-14/h2-4,12H,5-10,15H2,1H3,(H,16,19). The Morgan fingerprint density at radius 2 is 2.21 bits per heavy atom. The predicted molar refractivity (Wildman–Crippen MR) is 75.7 cm³/mol. The van der Waals surface area contributed by atoms with Gasteiger partial charge in [-0.15, -0.1) is 0 Å². The number of aromatic nitrogens is 1. The molecular formula is C14H22N4O. The molecule has 1 fully saturated rings. The maximum absolute atomic E-state index is 10.9. The van der Waals surface area contributed by atoms with Crippen molar-refractivity contribution < 1.29 is 4.79 Å². The summed E-state index contributed by atoms with van der Waals surface area (Å²) in [5, 5.41) is 2.90. The first-order chi connectivity index (χ1) is 9.19. The lowest BCUT2D eigenvalue weighted by Crippen LogP contribution is -2.38. The molecule has 1 amide bonds. The number of nitrogens with two attached hydrogens (primary N) is 1. The Balaban J connectivity index is 1.87. The SMILES string of the molecule is CC(=O)NCC1CCN(c2cccc(CN)n2)CC1. The molecule has 1 aromatic heterocycles. The molecule has 1 aliphatic heterocycles. The topological polar surface area (TPSA) is 71.2 Å². The second-order valence-corrected chi connectivity index (χ2v) is 5.06. The molecule has 104 valence electrons. The van der Waals surface area contributed by atoms with Gasteiger partial charge in [0.2, 0.25) is 5.91 Å². The van der Waals surface area contributed by atoms with Crippen LogP contribution in [0, 0.1) is 5.92 Å². The third-order valence-electron chi connectivity index (χ3n) is 3.58. The van der Waals surface area contributed by atoms with Crippen LogP contribution < -0.4 is 16.0 Å². The summed E-state index contributed by atoms with van der Waals surface area (Å²) >= 11 is 0. The quantitative estimate of drug-likeness (QED) is 0.845. The molecule has 5 nitrogen and oxygen atoms in total. The number of carbonyl (C=O) groups excluding carboxylic acids is 1. The van der Waals surface area contributed by atoms with Crippen molar-refractivity contribution in [3.8, 4) is 0 Å². The van der Waals surface area contributed by atoms with Crippen molar-refractivity contribution in [1.29, 1.82) is 0 Å². The number of hydrogen-bond donors (Lipinski definition) is 2. The lowest BCUT2D eigenvalue weighted by atomic mass is 9.97. The highest BCUT2D eigenvalue weighted by molar-refractivity contribution is 5.72. The van der Waals surface area contributed by atoms with E-state index in [0.717, 1.165) is 44.0 Å². The van der Waals surface area contributed by atoms with Crippen LogP contribution in [0.5, 0.6) is 0 Å². The minimum absolute atomic E-state index is 0.0553. The maximum atomic E-state index is 10.9. The Bertz CT molecular complexity index is 427. The fourth-order valence-corrected chi connectivity index (χ4v) is 2.41. The van der Waals surface area contributed by atoms with Gasteiger partial charge in [-0.1, -0.05) is 6.07 Å². The van der Waals surface area contributed by atoms with E-state index in [1.165, 1.54) is 0 Å². The first kappa shape index (κ1) is 13.8. The van der Waals surface area contributed by atoms with Gasteiger partial charge < -0.3 is 16.0 Å². The molecular weight excluding hydrogens is 240 g/mol. The van der Waals surface area contributed by atoms with Crippen LogP contribution in [0.25, 0.3) is 0 Å². The summed E-state index contributed by atoms with van der Waals surface area (Å²) in [6.45, 7) is 4.82. The molecule has 2 rings (SSSR count). The zero-order valence-electron chi connectivity index (χ0n) is 11.4. The van der Waals surface area contributed by atoms with Gasteiger partial charge in [0.15, 0.2) is 0 Å². The number of piperidine rings is 1. The number of amides is 1. The lowest BCUT2D eigenvalue weighted by Gasteiger charge is -2.33. The van der Waals surface area contributed by atoms with Gasteiger partial charge in [-0.05, 0) is 30.9 Å². The highest BCUT2D eigenvalue weighted by Gasteiger charge is 2.20. The minimum atomic E-state index is 0.0553. The number of nitrogens with one attached hydrogen (secondary N) is 1. The molecule has 5 heteroatoms. The van der Waals surface area contributed by atoms with E-state index in [4.69, 9.17) is 5.73 Å². The zero-order chi connectivity index (χ0) is 13.7. The van der Waals surface area contributed by atoms with Crippen molar-refractivity contribution in [2.45, 2.75) is 26.3 Å². The van der Waals surface area contributed by atoms with Crippen molar-refractivity contribution >= 4 is 11.7 Å². The highest BCUT2D eigenvalue weighted by atomic mass is 16.1. The number of hydrogen-bond acceptors (Lipinski definition) is 4. The van der Waals surface area contributed by atoms with Crippen LogP contribution in [0.2, 0.25) is 0 Å². The fourth-order valence-electron chi connectivity index (χ4n) is 2.41. The summed E-state index contributed by atoms with van der Waals surface area (Å²) in [7, 11) is 0. The minimum Gasteiger partial charge on any atom is -0.357 e. The summed E-state index contributed by atoms with van der Waals surface area (Å²) < 4.78 is 0. The van der Waals surface area contributed by atoms with Crippen molar-refractivity contribution in [3.63, 3.8) is 0 Å². The van der Waals surface area contributed by atoms with Gasteiger partial charge in [-0.3, -0.25) is 4.79 Å². The number of pyridine rings is 1. The summed E-state index contributed by atoms with van der Waals surface area (Å²) in [5.74, 6) is 1.65. The molecule has 0 aromatic carbocycles. The van der Waals surface area contributed by atoms with Crippen LogP contribution in [-0.4, -0.2) is 30.5 Å². The Labute approximate surface area is 114 Å². The van der Waals surface area contributed by atoms with Gasteiger partial charge in [0.05, 0.1) is 5.69 Å². The van der Waals surface area contributed by atoms with Crippen molar-refractivity contribution in [1.82, 2.24) is 10.3 Å². The van der Waals surface area contributed by atoms with E-state index in [1.807, 2.05) is 18.2 Å². The number of rotatable bonds is 4. The van der Waals surface area contributed by atoms with Crippen molar-refractivity contribution in [3.05, 3.63) is 23.9 Å². The molecule has 0 unspecified atom stereocenters. The van der Waals surface area contributed by atoms with E-state index in [-0.39, 0.29) is 5.91 Å². The Morgan fingerprint density at radius 1 is 1.47 bits per heavy atom. The van der Waals surface area contributed by atoms with E-state index in [2.05, 4.69) is 15.2 Å². The summed E-state index contributed by atoms with van der Waals surface area (Å²) in [5.41, 5.74) is 6.55. The summed E-state index contributed by atoms with van der Waals surface area (Å²) in [6, 6.07) is 5.99. The number of carbonyl (C=O) groups is 1. The molecule has 2 heterocycles. The summed E-state index contributed by atoms with van der Waals surface area (Å²) in [6.07, 6.45) is 2.18. The molecule has 1 aromatic rings. The van der Waals surface area contributed by atoms with Gasteiger partial charge in [-0.2, -0.15) is 0 Å². The average Bonchev–Trinajstić information content (AvgIpc) is 2.45. The largest absolute Gasteiger partial charge is 0.357 e.